The van der Waals surface area contributed by atoms with Crippen molar-refractivity contribution in [1.82, 2.24) is 0 Å². The first kappa shape index (κ1) is 26.7. The van der Waals surface area contributed by atoms with Gasteiger partial charge < -0.3 is 14.6 Å². The zero-order valence-corrected chi connectivity index (χ0v) is 21.8. The molecule has 0 aromatic carbocycles. The molecule has 1 N–H and O–H groups in total. The van der Waals surface area contributed by atoms with Crippen molar-refractivity contribution >= 4 is 23.5 Å². The Hall–Kier alpha value is -2.35. The van der Waals surface area contributed by atoms with Gasteiger partial charge in [-0.3, -0.25) is 19.2 Å². The van der Waals surface area contributed by atoms with Crippen LogP contribution in [0.1, 0.15) is 73.1 Å². The number of aliphatic hydroxyl groups excluding tert-OH is 1. The van der Waals surface area contributed by atoms with Crippen LogP contribution in [0, 0.1) is 28.6 Å². The van der Waals surface area contributed by atoms with E-state index in [1.165, 1.54) is 12.2 Å². The third kappa shape index (κ3) is 3.39. The number of esters is 2. The van der Waals surface area contributed by atoms with E-state index in [0.29, 0.717) is 24.8 Å². The van der Waals surface area contributed by atoms with E-state index in [4.69, 9.17) is 9.47 Å². The lowest BCUT2D eigenvalue weighted by Gasteiger charge is -2.62. The lowest BCUT2D eigenvalue weighted by molar-refractivity contribution is -0.228. The van der Waals surface area contributed by atoms with Gasteiger partial charge in [0.05, 0.1) is 6.10 Å². The summed E-state index contributed by atoms with van der Waals surface area (Å²) in [5.41, 5.74) is -5.26. The number of fused-ring (bicyclic) bond motifs is 5. The summed E-state index contributed by atoms with van der Waals surface area (Å²) in [6.45, 7) is 8.05. The molecule has 36 heavy (non-hydrogen) atoms. The summed E-state index contributed by atoms with van der Waals surface area (Å²) in [6, 6.07) is 0. The summed E-state index contributed by atoms with van der Waals surface area (Å²) >= 11 is 0. The number of rotatable bonds is 6. The smallest absolute Gasteiger partial charge is 0.306 e. The lowest BCUT2D eigenvalue weighted by Crippen LogP contribution is -2.70. The first-order valence-corrected chi connectivity index (χ1v) is 13.0. The summed E-state index contributed by atoms with van der Waals surface area (Å²) in [5, 5.41) is 11.5. The SMILES string of the molecule is CCC(=O)OCC(=O)[C@]1(OC(=O)CC)[C@@H](C)C[C@@H]2[C@H]3CCC4=CC(=O)C=C[C@]4(C)[C@]3(F)[C@@H](O)C[C@@]21C. The second-order valence-corrected chi connectivity index (χ2v) is 11.4. The number of hydrogen-bond acceptors (Lipinski definition) is 7. The molecule has 3 fully saturated rings. The monoisotopic (exact) mass is 504 g/mol. The van der Waals surface area contributed by atoms with Gasteiger partial charge in [0, 0.05) is 35.5 Å². The maximum Gasteiger partial charge on any atom is 0.306 e. The Bertz CT molecular complexity index is 1050. The molecule has 4 rings (SSSR count). The Morgan fingerprint density at radius 3 is 2.44 bits per heavy atom. The zero-order valence-electron chi connectivity index (χ0n) is 21.8. The molecule has 0 spiro atoms. The van der Waals surface area contributed by atoms with Crippen molar-refractivity contribution in [3.8, 4) is 0 Å². The molecule has 0 amide bonds. The summed E-state index contributed by atoms with van der Waals surface area (Å²) < 4.78 is 28.5. The van der Waals surface area contributed by atoms with Crippen LogP contribution in [-0.2, 0) is 28.7 Å². The van der Waals surface area contributed by atoms with Crippen LogP contribution < -0.4 is 0 Å². The molecule has 0 bridgehead atoms. The van der Waals surface area contributed by atoms with Crippen molar-refractivity contribution in [1.29, 1.82) is 0 Å². The van der Waals surface area contributed by atoms with Gasteiger partial charge in [0.1, 0.15) is 0 Å². The van der Waals surface area contributed by atoms with Gasteiger partial charge in [0.25, 0.3) is 0 Å². The molecule has 0 aliphatic heterocycles. The number of carbonyl (C=O) groups excluding carboxylic acids is 4. The number of halogens is 1. The van der Waals surface area contributed by atoms with E-state index in [-0.39, 0.29) is 31.0 Å². The molecule has 198 valence electrons. The Morgan fingerprint density at radius 1 is 1.14 bits per heavy atom. The molecule has 7 nitrogen and oxygen atoms in total. The number of hydrogen-bond donors (Lipinski definition) is 1. The fourth-order valence-corrected chi connectivity index (χ4v) is 8.01. The molecule has 0 unspecified atom stereocenters. The molecule has 0 aromatic rings. The van der Waals surface area contributed by atoms with Crippen molar-refractivity contribution in [2.75, 3.05) is 6.61 Å². The highest BCUT2D eigenvalue weighted by Gasteiger charge is 2.77. The second kappa shape index (κ2) is 8.89. The lowest BCUT2D eigenvalue weighted by atomic mass is 9.44. The van der Waals surface area contributed by atoms with Gasteiger partial charge in [0.15, 0.2) is 23.7 Å². The number of Topliss-reactive ketones (excluding diaryl/α,β-unsaturated/α-hetero) is 1. The van der Waals surface area contributed by atoms with Crippen LogP contribution in [0.3, 0.4) is 0 Å². The molecule has 3 saturated carbocycles. The van der Waals surface area contributed by atoms with Crippen molar-refractivity contribution in [2.24, 2.45) is 28.6 Å². The molecule has 4 aliphatic rings. The van der Waals surface area contributed by atoms with Gasteiger partial charge in [-0.1, -0.05) is 39.3 Å². The minimum Gasteiger partial charge on any atom is -0.457 e. The second-order valence-electron chi connectivity index (χ2n) is 11.4. The number of allylic oxidation sites excluding steroid dienone is 4. The highest BCUT2D eigenvalue weighted by molar-refractivity contribution is 6.01. The molecular formula is C28H37FO7. The van der Waals surface area contributed by atoms with Crippen molar-refractivity contribution in [2.45, 2.75) is 90.5 Å². The summed E-state index contributed by atoms with van der Waals surface area (Å²) in [7, 11) is 0. The average Bonchev–Trinajstić information content (AvgIpc) is 3.05. The highest BCUT2D eigenvalue weighted by Crippen LogP contribution is 2.71. The fraction of sp³-hybridized carbons (Fsp3) is 0.714. The van der Waals surface area contributed by atoms with E-state index >= 15 is 4.39 Å². The number of carbonyl (C=O) groups is 4. The Morgan fingerprint density at radius 2 is 1.81 bits per heavy atom. The van der Waals surface area contributed by atoms with Crippen molar-refractivity contribution in [3.63, 3.8) is 0 Å². The summed E-state index contributed by atoms with van der Waals surface area (Å²) in [5.74, 6) is -3.31. The summed E-state index contributed by atoms with van der Waals surface area (Å²) in [6.07, 6.45) is 4.32. The van der Waals surface area contributed by atoms with Crippen LogP contribution in [0.5, 0.6) is 0 Å². The number of aliphatic hydroxyl groups is 1. The first-order valence-electron chi connectivity index (χ1n) is 13.0. The Labute approximate surface area is 211 Å². The van der Waals surface area contributed by atoms with E-state index < -0.39 is 64.4 Å². The van der Waals surface area contributed by atoms with Crippen LogP contribution in [0.2, 0.25) is 0 Å². The van der Waals surface area contributed by atoms with E-state index in [9.17, 15) is 24.3 Å². The minimum absolute atomic E-state index is 0.0430. The molecular weight excluding hydrogens is 467 g/mol. The first-order chi connectivity index (χ1) is 16.8. The Balaban J connectivity index is 1.80. The summed E-state index contributed by atoms with van der Waals surface area (Å²) in [4.78, 5) is 50.3. The molecule has 4 aliphatic carbocycles. The third-order valence-electron chi connectivity index (χ3n) is 9.81. The standard InChI is InChI=1S/C28H37FO7/c1-6-23(33)35-15-22(32)28(36-24(34)7-2)16(3)12-20-19-9-8-17-13-18(30)10-11-25(17,4)27(19,29)21(31)14-26(20,28)5/h10-11,13,16,19-21,31H,6-9,12,14-15H2,1-5H3/t16-,19+,20+,21-,25-,26-,27+,28+/m0/s1. The number of ketones is 2. The van der Waals surface area contributed by atoms with E-state index in [0.717, 1.165) is 0 Å². The van der Waals surface area contributed by atoms with E-state index in [2.05, 4.69) is 0 Å². The predicted molar refractivity (Wildman–Crippen MR) is 128 cm³/mol. The van der Waals surface area contributed by atoms with Gasteiger partial charge in [-0.2, -0.15) is 0 Å². The quantitative estimate of drug-likeness (QED) is 0.548. The largest absolute Gasteiger partial charge is 0.457 e. The molecule has 0 aromatic heterocycles. The normalized spacial score (nSPS) is 43.1. The topological polar surface area (TPSA) is 107 Å². The number of ether oxygens (including phenoxy) is 2. The average molecular weight is 505 g/mol. The van der Waals surface area contributed by atoms with Gasteiger partial charge in [-0.15, -0.1) is 0 Å². The van der Waals surface area contributed by atoms with E-state index in [1.54, 1.807) is 33.8 Å². The van der Waals surface area contributed by atoms with Crippen molar-refractivity contribution in [3.05, 3.63) is 23.8 Å². The van der Waals surface area contributed by atoms with Crippen LogP contribution in [0.25, 0.3) is 0 Å². The molecule has 0 saturated heterocycles. The Kier molecular flexibility index (Phi) is 6.60. The maximum absolute atomic E-state index is 17.4. The molecule has 8 atom stereocenters. The van der Waals surface area contributed by atoms with Crippen LogP contribution in [-0.4, -0.2) is 52.6 Å². The van der Waals surface area contributed by atoms with Gasteiger partial charge in [-0.05, 0) is 50.7 Å². The third-order valence-corrected chi connectivity index (χ3v) is 9.81. The van der Waals surface area contributed by atoms with Gasteiger partial charge >= 0.3 is 11.9 Å². The molecule has 0 radical (unpaired) electrons. The van der Waals surface area contributed by atoms with Crippen LogP contribution in [0.4, 0.5) is 4.39 Å². The zero-order chi connectivity index (χ0) is 26.7. The molecule has 0 heterocycles. The maximum atomic E-state index is 17.4. The minimum atomic E-state index is -2.05. The fourth-order valence-electron chi connectivity index (χ4n) is 8.01. The van der Waals surface area contributed by atoms with Crippen LogP contribution >= 0.6 is 0 Å². The molecule has 8 heteroatoms. The van der Waals surface area contributed by atoms with E-state index in [1.807, 2.05) is 6.92 Å². The van der Waals surface area contributed by atoms with Crippen molar-refractivity contribution < 1.29 is 38.1 Å². The van der Waals surface area contributed by atoms with Gasteiger partial charge in [0.2, 0.25) is 5.78 Å². The predicted octanol–water partition coefficient (Wildman–Crippen LogP) is 3.82. The highest BCUT2D eigenvalue weighted by atomic mass is 19.1. The van der Waals surface area contributed by atoms with Gasteiger partial charge in [-0.25, -0.2) is 4.39 Å². The number of alkyl halides is 1. The van der Waals surface area contributed by atoms with Crippen LogP contribution in [0.15, 0.2) is 23.8 Å².